The highest BCUT2D eigenvalue weighted by atomic mass is 16.8. The molecule has 0 unspecified atom stereocenters. The second-order valence-electron chi connectivity index (χ2n) is 8.99. The lowest BCUT2D eigenvalue weighted by atomic mass is 10.0. The van der Waals surface area contributed by atoms with Crippen molar-refractivity contribution in [3.05, 3.63) is 122 Å². The summed E-state index contributed by atoms with van der Waals surface area (Å²) >= 11 is 0. The number of rotatable bonds is 2. The van der Waals surface area contributed by atoms with Crippen LogP contribution < -0.4 is 18.6 Å². The van der Waals surface area contributed by atoms with Gasteiger partial charge in [-0.25, -0.2) is 0 Å². The Hall–Kier alpha value is -4.70. The Bertz CT molecular complexity index is 1660. The molecule has 2 aliphatic heterocycles. The maximum Gasteiger partial charge on any atom is 0.715 e. The number of hydrogen-bond donors (Lipinski definition) is 0. The summed E-state index contributed by atoms with van der Waals surface area (Å²) < 4.78 is 17.6. The molecule has 0 saturated heterocycles. The van der Waals surface area contributed by atoms with Crippen molar-refractivity contribution in [2.45, 2.75) is 6.03 Å². The van der Waals surface area contributed by atoms with Crippen molar-refractivity contribution < 1.29 is 18.6 Å². The second kappa shape index (κ2) is 6.67. The Morgan fingerprint density at radius 2 is 0.914 bits per heavy atom. The summed E-state index contributed by atoms with van der Waals surface area (Å²) in [6, 6.07) is 36.6. The van der Waals surface area contributed by atoms with Crippen LogP contribution in [-0.2, 0) is 6.03 Å². The normalized spacial score (nSPS) is 14.4. The molecule has 2 aromatic heterocycles. The number of aromatic nitrogens is 2. The average molecular weight is 453 g/mol. The summed E-state index contributed by atoms with van der Waals surface area (Å²) in [7, 11) is 0. The molecule has 0 bridgehead atoms. The predicted octanol–water partition coefficient (Wildman–Crippen LogP) is 5.80. The zero-order valence-electron chi connectivity index (χ0n) is 18.8. The molecule has 0 saturated carbocycles. The summed E-state index contributed by atoms with van der Waals surface area (Å²) in [5.74, 6) is 1.61. The number of benzene rings is 4. The fraction of sp³-hybridized carbons (Fsp3) is 0.0323. The van der Waals surface area contributed by atoms with E-state index in [9.17, 15) is 0 Å². The van der Waals surface area contributed by atoms with Crippen molar-refractivity contribution in [2.75, 3.05) is 0 Å². The van der Waals surface area contributed by atoms with Crippen molar-refractivity contribution >= 4 is 21.8 Å². The standard InChI is InChI=1S/C31H20N2O2/c1-3-9-21(10-4-1)23-15-17-27-29-25(23)13-7-19-32(29)31(34-27)33-20-8-14-26-24(22-11-5-2-6-12-22)16-18-28(35-31)30(26)33/h1-20H/q+2. The Morgan fingerprint density at radius 1 is 0.457 bits per heavy atom. The first kappa shape index (κ1) is 18.7. The molecule has 0 N–H and O–H groups in total. The summed E-state index contributed by atoms with van der Waals surface area (Å²) in [5.41, 5.74) is 6.74. The molecule has 2 aliphatic rings. The SMILES string of the molecule is c1ccc(-c2ccc3c4c2ccc[n+]4C2(O3)Oc3ccc(-c4ccccc4)c4ccc[n+]2c34)cc1. The topological polar surface area (TPSA) is 26.2 Å². The summed E-state index contributed by atoms with van der Waals surface area (Å²) in [5, 5.41) is 2.26. The van der Waals surface area contributed by atoms with Gasteiger partial charge in [-0.2, -0.15) is 0 Å². The number of ether oxygens (including phenoxy) is 2. The second-order valence-corrected chi connectivity index (χ2v) is 8.99. The van der Waals surface area contributed by atoms with Gasteiger partial charge in [-0.3, -0.25) is 0 Å². The first-order valence-corrected chi connectivity index (χ1v) is 11.8. The van der Waals surface area contributed by atoms with Gasteiger partial charge in [0.2, 0.25) is 11.5 Å². The fourth-order valence-corrected chi connectivity index (χ4v) is 5.60. The van der Waals surface area contributed by atoms with E-state index in [0.717, 1.165) is 33.3 Å². The largest absolute Gasteiger partial charge is 0.715 e. The van der Waals surface area contributed by atoms with Crippen molar-refractivity contribution in [3.8, 4) is 33.8 Å². The van der Waals surface area contributed by atoms with Crippen molar-refractivity contribution in [1.29, 1.82) is 0 Å². The van der Waals surface area contributed by atoms with E-state index >= 15 is 0 Å². The van der Waals surface area contributed by atoms with Crippen LogP contribution in [0.2, 0.25) is 0 Å². The van der Waals surface area contributed by atoms with Gasteiger partial charge in [-0.1, -0.05) is 60.7 Å². The van der Waals surface area contributed by atoms with E-state index in [4.69, 9.17) is 9.47 Å². The minimum atomic E-state index is -1.14. The maximum absolute atomic E-state index is 6.68. The quantitative estimate of drug-likeness (QED) is 0.310. The minimum Gasteiger partial charge on any atom is -0.334 e. The van der Waals surface area contributed by atoms with Crippen molar-refractivity contribution in [3.63, 3.8) is 0 Å². The number of nitrogens with zero attached hydrogens (tertiary/aromatic N) is 2. The third-order valence-electron chi connectivity index (χ3n) is 7.10. The monoisotopic (exact) mass is 452 g/mol. The van der Waals surface area contributed by atoms with Crippen molar-refractivity contribution in [1.82, 2.24) is 0 Å². The summed E-state index contributed by atoms with van der Waals surface area (Å²) in [4.78, 5) is 0. The molecule has 4 nitrogen and oxygen atoms in total. The molecule has 0 radical (unpaired) electrons. The van der Waals surface area contributed by atoms with Crippen LogP contribution in [-0.4, -0.2) is 0 Å². The third-order valence-corrected chi connectivity index (χ3v) is 7.10. The smallest absolute Gasteiger partial charge is 0.334 e. The van der Waals surface area contributed by atoms with Crippen LogP contribution in [0.5, 0.6) is 11.5 Å². The van der Waals surface area contributed by atoms with E-state index in [2.05, 4.69) is 106 Å². The van der Waals surface area contributed by atoms with Gasteiger partial charge in [-0.05, 0) is 67.8 Å². The van der Waals surface area contributed by atoms with Gasteiger partial charge in [0.1, 0.15) is 0 Å². The third kappa shape index (κ3) is 2.40. The molecule has 4 heteroatoms. The molecule has 8 rings (SSSR count). The zero-order chi connectivity index (χ0) is 23.0. The highest BCUT2D eigenvalue weighted by Crippen LogP contribution is 2.43. The molecular formula is C31H20N2O2+2. The molecule has 0 aliphatic carbocycles. The molecule has 1 spiro atoms. The van der Waals surface area contributed by atoms with Gasteiger partial charge < -0.3 is 9.47 Å². The van der Waals surface area contributed by atoms with Crippen LogP contribution in [0, 0.1) is 0 Å². The number of hydrogen-bond acceptors (Lipinski definition) is 2. The lowest BCUT2D eigenvalue weighted by Gasteiger charge is -2.10. The van der Waals surface area contributed by atoms with Crippen LogP contribution in [0.15, 0.2) is 122 Å². The van der Waals surface area contributed by atoms with Gasteiger partial charge in [0.15, 0.2) is 12.4 Å². The fourth-order valence-electron chi connectivity index (χ4n) is 5.60. The van der Waals surface area contributed by atoms with Gasteiger partial charge in [0, 0.05) is 12.1 Å². The van der Waals surface area contributed by atoms with E-state index in [1.54, 1.807) is 0 Å². The van der Waals surface area contributed by atoms with E-state index < -0.39 is 6.03 Å². The van der Waals surface area contributed by atoms with Crippen LogP contribution >= 0.6 is 0 Å². The Morgan fingerprint density at radius 3 is 1.37 bits per heavy atom. The Labute approximate surface area is 201 Å². The molecule has 0 amide bonds. The first-order chi connectivity index (χ1) is 17.3. The number of pyridine rings is 2. The number of fused-ring (bicyclic) bond motifs is 2. The maximum atomic E-state index is 6.68. The minimum absolute atomic E-state index is 0.806. The van der Waals surface area contributed by atoms with Gasteiger partial charge in [0.05, 0.1) is 10.8 Å². The molecular weight excluding hydrogens is 432 g/mol. The zero-order valence-corrected chi connectivity index (χ0v) is 18.8. The first-order valence-electron chi connectivity index (χ1n) is 11.8. The highest BCUT2D eigenvalue weighted by molar-refractivity contribution is 5.98. The molecule has 4 aromatic carbocycles. The van der Waals surface area contributed by atoms with Gasteiger partial charge >= 0.3 is 6.03 Å². The lowest BCUT2D eigenvalue weighted by molar-refractivity contribution is -1.03. The summed E-state index contributed by atoms with van der Waals surface area (Å²) in [6.45, 7) is 0. The van der Waals surface area contributed by atoms with Crippen LogP contribution in [0.25, 0.3) is 44.1 Å². The molecule has 0 fully saturated rings. The van der Waals surface area contributed by atoms with E-state index in [0.29, 0.717) is 0 Å². The average Bonchev–Trinajstić information content (AvgIpc) is 3.42. The molecule has 4 heterocycles. The Kier molecular flexibility index (Phi) is 3.56. The van der Waals surface area contributed by atoms with Crippen LogP contribution in [0.1, 0.15) is 0 Å². The molecule has 6 aromatic rings. The van der Waals surface area contributed by atoms with Crippen LogP contribution in [0.3, 0.4) is 0 Å². The highest BCUT2D eigenvalue weighted by Gasteiger charge is 2.68. The Balaban J connectivity index is 1.39. The van der Waals surface area contributed by atoms with E-state index in [-0.39, 0.29) is 0 Å². The van der Waals surface area contributed by atoms with Crippen molar-refractivity contribution in [2.24, 2.45) is 0 Å². The van der Waals surface area contributed by atoms with Crippen LogP contribution in [0.4, 0.5) is 0 Å². The predicted molar refractivity (Wildman–Crippen MR) is 134 cm³/mol. The van der Waals surface area contributed by atoms with Gasteiger partial charge in [-0.15, -0.1) is 0 Å². The summed E-state index contributed by atoms with van der Waals surface area (Å²) in [6.07, 6.45) is 4.09. The lowest BCUT2D eigenvalue weighted by Crippen LogP contribution is -2.75. The van der Waals surface area contributed by atoms with Gasteiger partial charge in [0.25, 0.3) is 11.0 Å². The van der Waals surface area contributed by atoms with E-state index in [1.807, 2.05) is 24.5 Å². The van der Waals surface area contributed by atoms with E-state index in [1.165, 1.54) is 22.3 Å². The molecule has 35 heavy (non-hydrogen) atoms. The molecule has 0 atom stereocenters. The molecule has 164 valence electrons.